The number of hydrogen-bond donors (Lipinski definition) is 0. The average molecular weight is 238 g/mol. The summed E-state index contributed by atoms with van der Waals surface area (Å²) in [6, 6.07) is 7.30. The molecule has 1 rings (SSSR count). The fourth-order valence-electron chi connectivity index (χ4n) is 1.14. The van der Waals surface area contributed by atoms with Gasteiger partial charge < -0.3 is 13.9 Å². The van der Waals surface area contributed by atoms with Crippen molar-refractivity contribution >= 4 is 8.32 Å². The molecule has 0 bridgehead atoms. The molecule has 0 aliphatic heterocycles. The van der Waals surface area contributed by atoms with Gasteiger partial charge in [-0.1, -0.05) is 0 Å². The Kier molecular flexibility index (Phi) is 4.01. The zero-order valence-corrected chi connectivity index (χ0v) is 11.2. The summed E-state index contributed by atoms with van der Waals surface area (Å²) in [6.07, 6.45) is 0. The third kappa shape index (κ3) is 4.40. The normalized spacial score (nSPS) is 10.8. The number of hydrogen-bond acceptors (Lipinski definition) is 3. The van der Waals surface area contributed by atoms with Crippen molar-refractivity contribution in [3.05, 3.63) is 36.8 Å². The third-order valence-electron chi connectivity index (χ3n) is 1.71. The molecule has 0 unspecified atom stereocenters. The number of ether oxygens (including phenoxy) is 2. The molecule has 0 spiro atoms. The van der Waals surface area contributed by atoms with Gasteiger partial charge in [-0.2, -0.15) is 0 Å². The Morgan fingerprint density at radius 2 is 1.56 bits per heavy atom. The summed E-state index contributed by atoms with van der Waals surface area (Å²) in [5.41, 5.74) is 0. The van der Waals surface area contributed by atoms with Gasteiger partial charge in [-0.25, -0.2) is 0 Å². The van der Waals surface area contributed by atoms with E-state index in [2.05, 4.69) is 26.2 Å². The molecule has 16 heavy (non-hydrogen) atoms. The standard InChI is InChI=1S/C12H18O3Si/c1-10(15-16(3,4)5)14-12-8-6-11(13-2)7-9-12/h6-9H,1H2,2-5H3. The molecule has 1 aromatic rings. The lowest BCUT2D eigenvalue weighted by Gasteiger charge is -2.20. The molecular formula is C12H18O3Si. The van der Waals surface area contributed by atoms with Crippen LogP contribution in [0.1, 0.15) is 0 Å². The lowest BCUT2D eigenvalue weighted by atomic mass is 10.3. The second-order valence-corrected chi connectivity index (χ2v) is 8.79. The highest BCUT2D eigenvalue weighted by Crippen LogP contribution is 2.20. The monoisotopic (exact) mass is 238 g/mol. The minimum atomic E-state index is -1.64. The second-order valence-electron chi connectivity index (χ2n) is 4.36. The first-order valence-electron chi connectivity index (χ1n) is 5.10. The molecule has 0 aliphatic carbocycles. The van der Waals surface area contributed by atoms with Crippen LogP contribution in [0, 0.1) is 0 Å². The van der Waals surface area contributed by atoms with E-state index < -0.39 is 8.32 Å². The first-order chi connectivity index (χ1) is 7.40. The lowest BCUT2D eigenvalue weighted by Crippen LogP contribution is -2.26. The fraction of sp³-hybridized carbons (Fsp3) is 0.333. The van der Waals surface area contributed by atoms with E-state index in [1.54, 1.807) is 7.11 Å². The molecule has 0 aromatic heterocycles. The van der Waals surface area contributed by atoms with Gasteiger partial charge in [0.15, 0.2) is 0 Å². The molecule has 3 nitrogen and oxygen atoms in total. The predicted octanol–water partition coefficient (Wildman–Crippen LogP) is 3.40. The van der Waals surface area contributed by atoms with Gasteiger partial charge in [-0.05, 0) is 50.5 Å². The van der Waals surface area contributed by atoms with Crippen molar-refractivity contribution in [1.29, 1.82) is 0 Å². The van der Waals surface area contributed by atoms with Crippen LogP contribution in [0.4, 0.5) is 0 Å². The fourth-order valence-corrected chi connectivity index (χ4v) is 1.86. The van der Waals surface area contributed by atoms with Gasteiger partial charge in [-0.15, -0.1) is 0 Å². The summed E-state index contributed by atoms with van der Waals surface area (Å²) in [4.78, 5) is 0. The summed E-state index contributed by atoms with van der Waals surface area (Å²) in [5.74, 6) is 1.84. The van der Waals surface area contributed by atoms with Gasteiger partial charge in [0, 0.05) is 0 Å². The summed E-state index contributed by atoms with van der Waals surface area (Å²) in [5, 5.41) is 0. The van der Waals surface area contributed by atoms with Gasteiger partial charge in [0.2, 0.25) is 8.32 Å². The maximum Gasteiger partial charge on any atom is 0.263 e. The van der Waals surface area contributed by atoms with Crippen molar-refractivity contribution < 1.29 is 13.9 Å². The molecule has 0 radical (unpaired) electrons. The van der Waals surface area contributed by atoms with E-state index in [4.69, 9.17) is 13.9 Å². The Labute approximate surface area is 97.8 Å². The van der Waals surface area contributed by atoms with Crippen molar-refractivity contribution in [3.63, 3.8) is 0 Å². The smallest absolute Gasteiger partial charge is 0.263 e. The number of benzene rings is 1. The molecule has 0 heterocycles. The van der Waals surface area contributed by atoms with Crippen molar-refractivity contribution in [2.24, 2.45) is 0 Å². The van der Waals surface area contributed by atoms with Crippen molar-refractivity contribution in [1.82, 2.24) is 0 Å². The summed E-state index contributed by atoms with van der Waals surface area (Å²) >= 11 is 0. The molecule has 4 heteroatoms. The molecule has 0 saturated heterocycles. The van der Waals surface area contributed by atoms with E-state index in [0.717, 1.165) is 5.75 Å². The maximum atomic E-state index is 5.59. The van der Waals surface area contributed by atoms with Crippen molar-refractivity contribution in [2.75, 3.05) is 7.11 Å². The molecule has 0 fully saturated rings. The van der Waals surface area contributed by atoms with Crippen LogP contribution < -0.4 is 9.47 Å². The predicted molar refractivity (Wildman–Crippen MR) is 67.2 cm³/mol. The van der Waals surface area contributed by atoms with Crippen LogP contribution in [0.2, 0.25) is 19.6 Å². The minimum absolute atomic E-state index is 0.351. The number of rotatable bonds is 5. The van der Waals surface area contributed by atoms with E-state index >= 15 is 0 Å². The Morgan fingerprint density at radius 3 is 2.00 bits per heavy atom. The van der Waals surface area contributed by atoms with Crippen LogP contribution in [0.15, 0.2) is 36.8 Å². The first-order valence-corrected chi connectivity index (χ1v) is 8.51. The van der Waals surface area contributed by atoms with Gasteiger partial charge in [0.1, 0.15) is 11.5 Å². The Hall–Kier alpha value is -1.42. The highest BCUT2D eigenvalue weighted by atomic mass is 28.4. The first kappa shape index (κ1) is 12.6. The van der Waals surface area contributed by atoms with Gasteiger partial charge in [0.05, 0.1) is 7.11 Å². The van der Waals surface area contributed by atoms with Gasteiger partial charge >= 0.3 is 0 Å². The van der Waals surface area contributed by atoms with E-state index in [9.17, 15) is 0 Å². The summed E-state index contributed by atoms with van der Waals surface area (Å²) in [6.45, 7) is 9.97. The molecule has 1 aromatic carbocycles. The summed E-state index contributed by atoms with van der Waals surface area (Å²) in [7, 11) is -0.0131. The van der Waals surface area contributed by atoms with Crippen molar-refractivity contribution in [3.8, 4) is 11.5 Å². The molecule has 0 saturated carbocycles. The quantitative estimate of drug-likeness (QED) is 0.581. The Balaban J connectivity index is 2.56. The largest absolute Gasteiger partial charge is 0.520 e. The SMILES string of the molecule is C=C(Oc1ccc(OC)cc1)O[Si](C)(C)C. The topological polar surface area (TPSA) is 27.7 Å². The maximum absolute atomic E-state index is 5.59. The van der Waals surface area contributed by atoms with Crippen molar-refractivity contribution in [2.45, 2.75) is 19.6 Å². The van der Waals surface area contributed by atoms with Crippen LogP contribution in [0.3, 0.4) is 0 Å². The van der Waals surface area contributed by atoms with Crippen LogP contribution in [-0.2, 0) is 4.43 Å². The number of methoxy groups -OCH3 is 1. The lowest BCUT2D eigenvalue weighted by molar-refractivity contribution is 0.224. The van der Waals surface area contributed by atoms with E-state index in [1.165, 1.54) is 0 Å². The highest BCUT2D eigenvalue weighted by Gasteiger charge is 2.17. The molecular weight excluding hydrogens is 220 g/mol. The Bertz CT molecular complexity index is 352. The van der Waals surface area contributed by atoms with Crippen LogP contribution in [0.5, 0.6) is 11.5 Å². The van der Waals surface area contributed by atoms with Crippen LogP contribution in [-0.4, -0.2) is 15.4 Å². The molecule has 0 N–H and O–H groups in total. The van der Waals surface area contributed by atoms with Crippen LogP contribution >= 0.6 is 0 Å². The third-order valence-corrected chi connectivity index (χ3v) is 2.55. The minimum Gasteiger partial charge on any atom is -0.520 e. The van der Waals surface area contributed by atoms with Crippen LogP contribution in [0.25, 0.3) is 0 Å². The molecule has 0 amide bonds. The second kappa shape index (κ2) is 5.07. The summed E-state index contributed by atoms with van der Waals surface area (Å²) < 4.78 is 16.1. The van der Waals surface area contributed by atoms with Gasteiger partial charge in [0.25, 0.3) is 5.95 Å². The molecule has 88 valence electrons. The Morgan fingerprint density at radius 1 is 1.06 bits per heavy atom. The van der Waals surface area contributed by atoms with E-state index in [1.807, 2.05) is 24.3 Å². The molecule has 0 aliphatic rings. The van der Waals surface area contributed by atoms with E-state index in [-0.39, 0.29) is 0 Å². The van der Waals surface area contributed by atoms with Gasteiger partial charge in [-0.3, -0.25) is 0 Å². The average Bonchev–Trinajstić information content (AvgIpc) is 2.16. The zero-order chi connectivity index (χ0) is 12.2. The van der Waals surface area contributed by atoms with E-state index in [0.29, 0.717) is 11.7 Å². The highest BCUT2D eigenvalue weighted by molar-refractivity contribution is 6.69. The zero-order valence-electron chi connectivity index (χ0n) is 10.2. The molecule has 0 atom stereocenters.